The first kappa shape index (κ1) is 16.6. The van der Waals surface area contributed by atoms with E-state index in [1.807, 2.05) is 12.3 Å². The van der Waals surface area contributed by atoms with Crippen molar-refractivity contribution in [3.8, 4) is 0 Å². The van der Waals surface area contributed by atoms with Crippen molar-refractivity contribution in [1.82, 2.24) is 25.0 Å². The molecule has 0 fully saturated rings. The van der Waals surface area contributed by atoms with Crippen molar-refractivity contribution in [2.45, 2.75) is 33.4 Å². The van der Waals surface area contributed by atoms with Crippen LogP contribution >= 0.6 is 0 Å². The summed E-state index contributed by atoms with van der Waals surface area (Å²) in [7, 11) is 0. The number of allylic oxidation sites excluding steroid dienone is 1. The van der Waals surface area contributed by atoms with E-state index in [0.717, 1.165) is 18.7 Å². The van der Waals surface area contributed by atoms with Gasteiger partial charge < -0.3 is 10.1 Å². The molecule has 2 aromatic rings. The minimum atomic E-state index is -0.415. The van der Waals surface area contributed by atoms with E-state index in [9.17, 15) is 4.79 Å². The lowest BCUT2D eigenvalue weighted by atomic mass is 10.2. The molecule has 1 N–H and O–H groups in total. The second-order valence-corrected chi connectivity index (χ2v) is 4.82. The van der Waals surface area contributed by atoms with Gasteiger partial charge in [-0.05, 0) is 20.3 Å². The molecule has 0 saturated carbocycles. The fraction of sp³-hybridized carbons (Fsp3) is 0.400. The van der Waals surface area contributed by atoms with E-state index < -0.39 is 5.97 Å². The first-order chi connectivity index (χ1) is 11.1. The molecular formula is C15H20N6O2. The summed E-state index contributed by atoms with van der Waals surface area (Å²) in [5, 5.41) is 11.1. The van der Waals surface area contributed by atoms with Crippen molar-refractivity contribution in [2.75, 3.05) is 11.9 Å². The monoisotopic (exact) mass is 316 g/mol. The molecule has 0 unspecified atom stereocenters. The van der Waals surface area contributed by atoms with Crippen LogP contribution in [0, 0.1) is 6.92 Å². The molecule has 0 atom stereocenters. The number of esters is 1. The normalized spacial score (nSPS) is 10.3. The number of aryl methyl sites for hydroxylation is 2. The number of hydrogen-bond acceptors (Lipinski definition) is 7. The topological polar surface area (TPSA) is 94.8 Å². The third-order valence-electron chi connectivity index (χ3n) is 3.05. The Balaban J connectivity index is 1.95. The molecule has 2 aromatic heterocycles. The zero-order chi connectivity index (χ0) is 16.7. The van der Waals surface area contributed by atoms with Crippen LogP contribution in [0.1, 0.15) is 35.1 Å². The summed E-state index contributed by atoms with van der Waals surface area (Å²) in [4.78, 5) is 20.1. The van der Waals surface area contributed by atoms with E-state index in [1.54, 1.807) is 18.5 Å². The van der Waals surface area contributed by atoms with Crippen LogP contribution in [0.5, 0.6) is 0 Å². The van der Waals surface area contributed by atoms with Gasteiger partial charge in [0.25, 0.3) is 0 Å². The quantitative estimate of drug-likeness (QED) is 0.585. The van der Waals surface area contributed by atoms with E-state index in [2.05, 4.69) is 32.2 Å². The summed E-state index contributed by atoms with van der Waals surface area (Å²) in [6, 6.07) is 0. The lowest BCUT2D eigenvalue weighted by Crippen LogP contribution is -2.11. The second kappa shape index (κ2) is 8.02. The lowest BCUT2D eigenvalue weighted by molar-refractivity contribution is 0.0524. The molecule has 0 aromatic carbocycles. The molecule has 0 amide bonds. The molecule has 0 aliphatic heterocycles. The zero-order valence-corrected chi connectivity index (χ0v) is 13.3. The van der Waals surface area contributed by atoms with Gasteiger partial charge in [-0.25, -0.2) is 14.8 Å². The Labute approximate surface area is 134 Å². The highest BCUT2D eigenvalue weighted by molar-refractivity contribution is 5.90. The van der Waals surface area contributed by atoms with Crippen LogP contribution in [-0.4, -0.2) is 37.5 Å². The Bertz CT molecular complexity index is 682. The highest BCUT2D eigenvalue weighted by Crippen LogP contribution is 2.09. The minimum Gasteiger partial charge on any atom is -0.462 e. The van der Waals surface area contributed by atoms with Crippen LogP contribution in [0.15, 0.2) is 25.0 Å². The molecule has 0 aliphatic carbocycles. The number of aromatic nitrogens is 5. The maximum Gasteiger partial charge on any atom is 0.341 e. The predicted octanol–water partition coefficient (Wildman–Crippen LogP) is 1.74. The molecular weight excluding hydrogens is 296 g/mol. The van der Waals surface area contributed by atoms with Crippen molar-refractivity contribution in [1.29, 1.82) is 0 Å². The predicted molar refractivity (Wildman–Crippen MR) is 84.9 cm³/mol. The first-order valence-electron chi connectivity index (χ1n) is 7.38. The summed E-state index contributed by atoms with van der Waals surface area (Å²) in [6.07, 6.45) is 6.00. The number of nitrogens with one attached hydrogen (secondary N) is 1. The molecule has 23 heavy (non-hydrogen) atoms. The van der Waals surface area contributed by atoms with Crippen LogP contribution < -0.4 is 5.32 Å². The van der Waals surface area contributed by atoms with E-state index in [4.69, 9.17) is 4.74 Å². The number of carbonyl (C=O) groups is 1. The summed E-state index contributed by atoms with van der Waals surface area (Å²) in [5.41, 5.74) is 1.72. The Kier molecular flexibility index (Phi) is 5.79. The van der Waals surface area contributed by atoms with Gasteiger partial charge in [-0.1, -0.05) is 11.3 Å². The molecule has 0 aliphatic rings. The van der Waals surface area contributed by atoms with Gasteiger partial charge in [0.2, 0.25) is 5.95 Å². The summed E-state index contributed by atoms with van der Waals surface area (Å²) in [6.45, 7) is 8.69. The summed E-state index contributed by atoms with van der Waals surface area (Å²) in [5.74, 6) is 0.0119. The molecule has 8 heteroatoms. The first-order valence-corrected chi connectivity index (χ1v) is 7.38. The SMILES string of the molecule is C=CCCn1cc(CNc2ncc(C(=O)OCC)c(C)n2)nn1. The van der Waals surface area contributed by atoms with E-state index >= 15 is 0 Å². The lowest BCUT2D eigenvalue weighted by Gasteiger charge is -2.07. The average Bonchev–Trinajstić information content (AvgIpc) is 2.99. The van der Waals surface area contributed by atoms with Gasteiger partial charge >= 0.3 is 5.97 Å². The van der Waals surface area contributed by atoms with E-state index in [0.29, 0.717) is 30.4 Å². The largest absolute Gasteiger partial charge is 0.462 e. The Morgan fingerprint density at radius 1 is 1.52 bits per heavy atom. The standard InChI is InChI=1S/C15H20N6O2/c1-4-6-7-21-10-12(19-20-21)8-16-15-17-9-13(11(3)18-15)14(22)23-5-2/h4,9-10H,1,5-8H2,2-3H3,(H,16,17,18). The molecule has 0 bridgehead atoms. The number of nitrogens with zero attached hydrogens (tertiary/aromatic N) is 5. The van der Waals surface area contributed by atoms with E-state index in [1.165, 1.54) is 6.20 Å². The molecule has 2 heterocycles. The highest BCUT2D eigenvalue weighted by atomic mass is 16.5. The van der Waals surface area contributed by atoms with Gasteiger partial charge in [0, 0.05) is 12.7 Å². The maximum atomic E-state index is 11.7. The summed E-state index contributed by atoms with van der Waals surface area (Å²) >= 11 is 0. The fourth-order valence-electron chi connectivity index (χ4n) is 1.88. The Morgan fingerprint density at radius 2 is 2.35 bits per heavy atom. The number of anilines is 1. The highest BCUT2D eigenvalue weighted by Gasteiger charge is 2.12. The number of carbonyl (C=O) groups excluding carboxylic acids is 1. The van der Waals surface area contributed by atoms with Gasteiger partial charge in [0.05, 0.1) is 30.6 Å². The molecule has 2 rings (SSSR count). The number of rotatable bonds is 8. The maximum absolute atomic E-state index is 11.7. The third kappa shape index (κ3) is 4.60. The molecule has 0 saturated heterocycles. The zero-order valence-electron chi connectivity index (χ0n) is 13.3. The van der Waals surface area contributed by atoms with Gasteiger partial charge in [0.1, 0.15) is 5.69 Å². The molecule has 0 radical (unpaired) electrons. The Hall–Kier alpha value is -2.77. The van der Waals surface area contributed by atoms with Crippen molar-refractivity contribution in [3.05, 3.63) is 42.0 Å². The van der Waals surface area contributed by atoms with Crippen LogP contribution in [0.25, 0.3) is 0 Å². The van der Waals surface area contributed by atoms with Gasteiger partial charge in [-0.15, -0.1) is 11.7 Å². The number of hydrogen-bond donors (Lipinski definition) is 1. The van der Waals surface area contributed by atoms with Gasteiger partial charge in [-0.3, -0.25) is 4.68 Å². The van der Waals surface area contributed by atoms with Crippen LogP contribution in [0.4, 0.5) is 5.95 Å². The van der Waals surface area contributed by atoms with Crippen molar-refractivity contribution in [3.63, 3.8) is 0 Å². The Morgan fingerprint density at radius 3 is 3.04 bits per heavy atom. The van der Waals surface area contributed by atoms with Crippen LogP contribution in [0.2, 0.25) is 0 Å². The van der Waals surface area contributed by atoms with Gasteiger partial charge in [0.15, 0.2) is 0 Å². The smallest absolute Gasteiger partial charge is 0.341 e. The average molecular weight is 316 g/mol. The fourth-order valence-corrected chi connectivity index (χ4v) is 1.88. The minimum absolute atomic E-state index is 0.319. The summed E-state index contributed by atoms with van der Waals surface area (Å²) < 4.78 is 6.70. The number of ether oxygens (including phenoxy) is 1. The molecule has 0 spiro atoms. The van der Waals surface area contributed by atoms with Crippen LogP contribution in [-0.2, 0) is 17.8 Å². The third-order valence-corrected chi connectivity index (χ3v) is 3.05. The second-order valence-electron chi connectivity index (χ2n) is 4.82. The molecule has 122 valence electrons. The van der Waals surface area contributed by atoms with Crippen molar-refractivity contribution < 1.29 is 9.53 Å². The van der Waals surface area contributed by atoms with Crippen molar-refractivity contribution >= 4 is 11.9 Å². The van der Waals surface area contributed by atoms with Crippen LogP contribution in [0.3, 0.4) is 0 Å². The van der Waals surface area contributed by atoms with E-state index in [-0.39, 0.29) is 0 Å². The van der Waals surface area contributed by atoms with Gasteiger partial charge in [-0.2, -0.15) is 0 Å². The molecule has 8 nitrogen and oxygen atoms in total. The van der Waals surface area contributed by atoms with Crippen molar-refractivity contribution in [2.24, 2.45) is 0 Å².